The predicted octanol–water partition coefficient (Wildman–Crippen LogP) is 3.17. The molecule has 0 aromatic heterocycles. The molecule has 1 rings (SSSR count). The molecule has 4 heteroatoms. The molecule has 0 unspecified atom stereocenters. The molecule has 0 aromatic rings. The van der Waals surface area contributed by atoms with Gasteiger partial charge in [-0.3, -0.25) is 4.79 Å². The lowest BCUT2D eigenvalue weighted by Crippen LogP contribution is -2.35. The first-order valence-corrected chi connectivity index (χ1v) is 6.87. The molecule has 1 aliphatic heterocycles. The van der Waals surface area contributed by atoms with Crippen molar-refractivity contribution in [2.75, 3.05) is 13.1 Å². The second-order valence-electron chi connectivity index (χ2n) is 6.34. The fourth-order valence-electron chi connectivity index (χ4n) is 1.83. The van der Waals surface area contributed by atoms with Crippen LogP contribution >= 0.6 is 0 Å². The highest BCUT2D eigenvalue weighted by Crippen LogP contribution is 2.18. The monoisotopic (exact) mass is 267 g/mol. The minimum Gasteiger partial charge on any atom is -0.444 e. The molecule has 0 spiro atoms. The fourth-order valence-corrected chi connectivity index (χ4v) is 1.83. The van der Waals surface area contributed by atoms with Crippen LogP contribution in [0.5, 0.6) is 0 Å². The molecule has 1 aliphatic rings. The normalized spacial score (nSPS) is 15.7. The van der Waals surface area contributed by atoms with Crippen molar-refractivity contribution in [2.45, 2.75) is 53.1 Å². The Balaban J connectivity index is 2.37. The number of carbonyl (C=O) groups excluding carboxylic acids is 2. The molecule has 1 amide bonds. The number of ether oxygens (including phenoxy) is 1. The van der Waals surface area contributed by atoms with Gasteiger partial charge in [0, 0.05) is 25.4 Å². The van der Waals surface area contributed by atoms with E-state index >= 15 is 0 Å². The van der Waals surface area contributed by atoms with Crippen molar-refractivity contribution in [3.05, 3.63) is 11.6 Å². The fraction of sp³-hybridized carbons (Fsp3) is 0.733. The average Bonchev–Trinajstić information content (AvgIpc) is 2.71. The third kappa shape index (κ3) is 5.45. The highest BCUT2D eigenvalue weighted by atomic mass is 16.6. The van der Waals surface area contributed by atoms with Crippen molar-refractivity contribution in [3.8, 4) is 0 Å². The summed E-state index contributed by atoms with van der Waals surface area (Å²) in [5, 5.41) is 0. The van der Waals surface area contributed by atoms with E-state index in [0.717, 1.165) is 12.0 Å². The summed E-state index contributed by atoms with van der Waals surface area (Å²) < 4.78 is 5.32. The molecule has 0 aliphatic carbocycles. The zero-order valence-electron chi connectivity index (χ0n) is 12.7. The van der Waals surface area contributed by atoms with Crippen LogP contribution < -0.4 is 0 Å². The van der Waals surface area contributed by atoms with E-state index in [1.165, 1.54) is 0 Å². The van der Waals surface area contributed by atoms with Crippen LogP contribution in [0.1, 0.15) is 47.5 Å². The number of ketones is 1. The zero-order valence-corrected chi connectivity index (χ0v) is 12.7. The van der Waals surface area contributed by atoms with E-state index in [2.05, 4.69) is 0 Å². The van der Waals surface area contributed by atoms with Gasteiger partial charge in [0.1, 0.15) is 11.4 Å². The summed E-state index contributed by atoms with van der Waals surface area (Å²) in [7, 11) is 0. The van der Waals surface area contributed by atoms with Crippen molar-refractivity contribution < 1.29 is 14.3 Å². The molecule has 0 atom stereocenters. The number of carbonyl (C=O) groups is 2. The highest BCUT2D eigenvalue weighted by molar-refractivity contribution is 5.80. The predicted molar refractivity (Wildman–Crippen MR) is 75.0 cm³/mol. The van der Waals surface area contributed by atoms with Crippen LogP contribution in [0.2, 0.25) is 0 Å². The maximum absolute atomic E-state index is 11.9. The third-order valence-electron chi connectivity index (χ3n) is 2.98. The number of nitrogens with zero attached hydrogens (tertiary/aromatic N) is 1. The van der Waals surface area contributed by atoms with Gasteiger partial charge in [-0.1, -0.05) is 25.5 Å². The van der Waals surface area contributed by atoms with Crippen LogP contribution in [0.25, 0.3) is 0 Å². The maximum atomic E-state index is 11.9. The summed E-state index contributed by atoms with van der Waals surface area (Å²) in [6.07, 6.45) is 3.05. The van der Waals surface area contributed by atoms with Gasteiger partial charge in [-0.15, -0.1) is 0 Å². The van der Waals surface area contributed by atoms with Crippen LogP contribution in [0, 0.1) is 5.92 Å². The summed E-state index contributed by atoms with van der Waals surface area (Å²) in [6, 6.07) is 0. The lowest BCUT2D eigenvalue weighted by Gasteiger charge is -2.24. The molecular weight excluding hydrogens is 242 g/mol. The summed E-state index contributed by atoms with van der Waals surface area (Å²) >= 11 is 0. The molecule has 0 N–H and O–H groups in total. The Labute approximate surface area is 115 Å². The quantitative estimate of drug-likeness (QED) is 0.735. The van der Waals surface area contributed by atoms with Gasteiger partial charge in [-0.2, -0.15) is 0 Å². The number of hydrogen-bond acceptors (Lipinski definition) is 3. The standard InChI is InChI=1S/C15H25NO3/c1-11(2)13(17)7-6-12-8-9-16(10-12)14(18)19-15(3,4)5/h8,11H,6-7,9-10H2,1-5H3. The molecule has 0 aromatic carbocycles. The van der Waals surface area contributed by atoms with Gasteiger partial charge in [-0.25, -0.2) is 4.79 Å². The van der Waals surface area contributed by atoms with Crippen LogP contribution in [-0.2, 0) is 9.53 Å². The van der Waals surface area contributed by atoms with Crippen LogP contribution in [0.4, 0.5) is 4.79 Å². The van der Waals surface area contributed by atoms with Crippen molar-refractivity contribution in [2.24, 2.45) is 5.92 Å². The number of rotatable bonds is 4. The van der Waals surface area contributed by atoms with E-state index in [1.807, 2.05) is 40.7 Å². The number of amides is 1. The van der Waals surface area contributed by atoms with E-state index in [-0.39, 0.29) is 17.8 Å². The van der Waals surface area contributed by atoms with E-state index in [4.69, 9.17) is 4.74 Å². The van der Waals surface area contributed by atoms with Crippen LogP contribution in [0.15, 0.2) is 11.6 Å². The second kappa shape index (κ2) is 6.22. The molecule has 0 saturated carbocycles. The lowest BCUT2D eigenvalue weighted by molar-refractivity contribution is -0.121. The Kier molecular flexibility index (Phi) is 5.15. The van der Waals surface area contributed by atoms with Crippen molar-refractivity contribution in [1.82, 2.24) is 4.90 Å². The molecule has 1 heterocycles. The van der Waals surface area contributed by atoms with Crippen LogP contribution in [0.3, 0.4) is 0 Å². The molecule has 0 fully saturated rings. The van der Waals surface area contributed by atoms with Gasteiger partial charge in [-0.05, 0) is 27.2 Å². The SMILES string of the molecule is CC(C)C(=O)CCC1=CCN(C(=O)OC(C)(C)C)C1. The van der Waals surface area contributed by atoms with Crippen LogP contribution in [-0.4, -0.2) is 35.5 Å². The Morgan fingerprint density at radius 1 is 1.37 bits per heavy atom. The Hall–Kier alpha value is -1.32. The Bertz CT molecular complexity index is 377. The number of Topliss-reactive ketones (excluding diaryl/α,β-unsaturated/α-hetero) is 1. The first kappa shape index (κ1) is 15.7. The Morgan fingerprint density at radius 2 is 2.00 bits per heavy atom. The Morgan fingerprint density at radius 3 is 2.53 bits per heavy atom. The van der Waals surface area contributed by atoms with E-state index in [1.54, 1.807) is 4.90 Å². The maximum Gasteiger partial charge on any atom is 0.410 e. The van der Waals surface area contributed by atoms with Crippen molar-refractivity contribution in [3.63, 3.8) is 0 Å². The molecule has 19 heavy (non-hydrogen) atoms. The smallest absolute Gasteiger partial charge is 0.410 e. The van der Waals surface area contributed by atoms with E-state index < -0.39 is 5.60 Å². The van der Waals surface area contributed by atoms with Gasteiger partial charge >= 0.3 is 6.09 Å². The molecule has 0 bridgehead atoms. The highest BCUT2D eigenvalue weighted by Gasteiger charge is 2.25. The summed E-state index contributed by atoms with van der Waals surface area (Å²) in [4.78, 5) is 25.1. The molecule has 108 valence electrons. The van der Waals surface area contributed by atoms with Gasteiger partial charge < -0.3 is 9.64 Å². The molecule has 4 nitrogen and oxygen atoms in total. The summed E-state index contributed by atoms with van der Waals surface area (Å²) in [6.45, 7) is 10.6. The minimum atomic E-state index is -0.465. The molecule has 0 radical (unpaired) electrons. The van der Waals surface area contributed by atoms with Crippen molar-refractivity contribution in [1.29, 1.82) is 0 Å². The van der Waals surface area contributed by atoms with Gasteiger partial charge in [0.15, 0.2) is 0 Å². The molecule has 0 saturated heterocycles. The van der Waals surface area contributed by atoms with Gasteiger partial charge in [0.2, 0.25) is 0 Å². The lowest BCUT2D eigenvalue weighted by atomic mass is 10.0. The third-order valence-corrected chi connectivity index (χ3v) is 2.98. The van der Waals surface area contributed by atoms with E-state index in [9.17, 15) is 9.59 Å². The minimum absolute atomic E-state index is 0.0870. The second-order valence-corrected chi connectivity index (χ2v) is 6.34. The molecular formula is C15H25NO3. The van der Waals surface area contributed by atoms with E-state index in [0.29, 0.717) is 19.5 Å². The first-order chi connectivity index (χ1) is 8.69. The first-order valence-electron chi connectivity index (χ1n) is 6.87. The van der Waals surface area contributed by atoms with Gasteiger partial charge in [0.05, 0.1) is 0 Å². The zero-order chi connectivity index (χ0) is 14.6. The summed E-state index contributed by atoms with van der Waals surface area (Å²) in [5.41, 5.74) is 0.688. The topological polar surface area (TPSA) is 46.6 Å². The van der Waals surface area contributed by atoms with Gasteiger partial charge in [0.25, 0.3) is 0 Å². The number of hydrogen-bond donors (Lipinski definition) is 0. The largest absolute Gasteiger partial charge is 0.444 e. The summed E-state index contributed by atoms with van der Waals surface area (Å²) in [5.74, 6) is 0.362. The average molecular weight is 267 g/mol. The van der Waals surface area contributed by atoms with Crippen molar-refractivity contribution >= 4 is 11.9 Å².